The Morgan fingerprint density at radius 3 is 2.56 bits per heavy atom. The molecule has 1 rings (SSSR count). The van der Waals surface area contributed by atoms with Crippen molar-refractivity contribution in [2.75, 3.05) is 0 Å². The molecule has 0 aliphatic heterocycles. The standard InChI is InChI=1S/C10H10N2O4/c1-6-4-7(10(14)9(13)5-11)2-3-8(6)12(15)16/h2-4,9-10,13-14H,1H3. The predicted molar refractivity (Wildman–Crippen MR) is 54.4 cm³/mol. The number of nitro groups is 1. The highest BCUT2D eigenvalue weighted by molar-refractivity contribution is 5.42. The number of rotatable bonds is 3. The Kier molecular flexibility index (Phi) is 3.55. The molecule has 0 spiro atoms. The van der Waals surface area contributed by atoms with Crippen molar-refractivity contribution in [3.8, 4) is 6.07 Å². The third-order valence-corrected chi connectivity index (χ3v) is 2.19. The number of hydrogen-bond acceptors (Lipinski definition) is 5. The summed E-state index contributed by atoms with van der Waals surface area (Å²) < 4.78 is 0. The van der Waals surface area contributed by atoms with Crippen molar-refractivity contribution in [1.29, 1.82) is 5.26 Å². The molecular weight excluding hydrogens is 212 g/mol. The van der Waals surface area contributed by atoms with Gasteiger partial charge < -0.3 is 10.2 Å². The smallest absolute Gasteiger partial charge is 0.272 e. The fourth-order valence-electron chi connectivity index (χ4n) is 1.32. The molecule has 84 valence electrons. The van der Waals surface area contributed by atoms with Crippen LogP contribution in [0.25, 0.3) is 0 Å². The van der Waals surface area contributed by atoms with Gasteiger partial charge in [-0.05, 0) is 24.6 Å². The molecule has 0 aliphatic rings. The molecule has 16 heavy (non-hydrogen) atoms. The van der Waals surface area contributed by atoms with Gasteiger partial charge in [-0.15, -0.1) is 0 Å². The quantitative estimate of drug-likeness (QED) is 0.447. The number of nitriles is 1. The SMILES string of the molecule is Cc1cc(C(O)C(O)C#N)ccc1[N+](=O)[O-]. The number of benzene rings is 1. The summed E-state index contributed by atoms with van der Waals surface area (Å²) in [6.07, 6.45) is -2.90. The van der Waals surface area contributed by atoms with Crippen molar-refractivity contribution in [1.82, 2.24) is 0 Å². The first-order chi connectivity index (χ1) is 7.47. The first-order valence-electron chi connectivity index (χ1n) is 4.48. The Bertz CT molecular complexity index is 453. The molecule has 2 atom stereocenters. The second kappa shape index (κ2) is 4.70. The van der Waals surface area contributed by atoms with E-state index in [0.29, 0.717) is 5.56 Å². The molecular formula is C10H10N2O4. The Morgan fingerprint density at radius 1 is 1.50 bits per heavy atom. The van der Waals surface area contributed by atoms with Crippen LogP contribution < -0.4 is 0 Å². The summed E-state index contributed by atoms with van der Waals surface area (Å²) in [7, 11) is 0. The van der Waals surface area contributed by atoms with E-state index in [1.54, 1.807) is 0 Å². The number of aliphatic hydroxyl groups is 2. The minimum absolute atomic E-state index is 0.0672. The van der Waals surface area contributed by atoms with Crippen molar-refractivity contribution >= 4 is 5.69 Å². The van der Waals surface area contributed by atoms with E-state index in [1.807, 2.05) is 0 Å². The normalized spacial score (nSPS) is 13.9. The lowest BCUT2D eigenvalue weighted by molar-refractivity contribution is -0.385. The van der Waals surface area contributed by atoms with E-state index in [2.05, 4.69) is 0 Å². The lowest BCUT2D eigenvalue weighted by atomic mass is 10.0. The van der Waals surface area contributed by atoms with E-state index < -0.39 is 17.1 Å². The average Bonchev–Trinajstić information content (AvgIpc) is 2.26. The summed E-state index contributed by atoms with van der Waals surface area (Å²) in [6.45, 7) is 1.52. The molecule has 0 aliphatic carbocycles. The molecule has 0 saturated heterocycles. The highest BCUT2D eigenvalue weighted by Crippen LogP contribution is 2.24. The van der Waals surface area contributed by atoms with Gasteiger partial charge in [-0.1, -0.05) is 0 Å². The zero-order chi connectivity index (χ0) is 12.3. The van der Waals surface area contributed by atoms with Gasteiger partial charge in [0.05, 0.1) is 11.0 Å². The number of hydrogen-bond donors (Lipinski definition) is 2. The molecule has 2 N–H and O–H groups in total. The molecule has 0 saturated carbocycles. The number of nitro benzene ring substituents is 1. The first-order valence-corrected chi connectivity index (χ1v) is 4.48. The summed E-state index contributed by atoms with van der Waals surface area (Å²) in [6, 6.07) is 5.42. The molecule has 0 fully saturated rings. The van der Waals surface area contributed by atoms with Crippen molar-refractivity contribution in [3.05, 3.63) is 39.4 Å². The third kappa shape index (κ3) is 2.34. The van der Waals surface area contributed by atoms with Gasteiger partial charge in [-0.3, -0.25) is 10.1 Å². The van der Waals surface area contributed by atoms with Gasteiger partial charge in [0.25, 0.3) is 5.69 Å². The van der Waals surface area contributed by atoms with E-state index in [1.165, 1.54) is 31.2 Å². The average molecular weight is 222 g/mol. The van der Waals surface area contributed by atoms with E-state index in [0.717, 1.165) is 0 Å². The zero-order valence-corrected chi connectivity index (χ0v) is 8.49. The predicted octanol–water partition coefficient (Wildman–Crippen LogP) is 0.821. The van der Waals surface area contributed by atoms with E-state index in [9.17, 15) is 15.2 Å². The highest BCUT2D eigenvalue weighted by Gasteiger charge is 2.20. The van der Waals surface area contributed by atoms with Crippen molar-refractivity contribution < 1.29 is 15.1 Å². The molecule has 0 heterocycles. The third-order valence-electron chi connectivity index (χ3n) is 2.19. The summed E-state index contributed by atoms with van der Waals surface area (Å²) in [5.74, 6) is 0. The Morgan fingerprint density at radius 2 is 2.12 bits per heavy atom. The monoisotopic (exact) mass is 222 g/mol. The van der Waals surface area contributed by atoms with E-state index >= 15 is 0 Å². The fraction of sp³-hybridized carbons (Fsp3) is 0.300. The largest absolute Gasteiger partial charge is 0.385 e. The summed E-state index contributed by atoms with van der Waals surface area (Å²) in [5.41, 5.74) is 0.575. The number of aryl methyl sites for hydroxylation is 1. The van der Waals surface area contributed by atoms with Gasteiger partial charge >= 0.3 is 0 Å². The Balaban J connectivity index is 3.07. The van der Waals surface area contributed by atoms with Crippen molar-refractivity contribution in [3.63, 3.8) is 0 Å². The number of nitrogens with zero attached hydrogens (tertiary/aromatic N) is 2. The van der Waals surface area contributed by atoms with E-state index in [-0.39, 0.29) is 11.3 Å². The topological polar surface area (TPSA) is 107 Å². The van der Waals surface area contributed by atoms with Gasteiger partial charge in [0.2, 0.25) is 0 Å². The molecule has 6 nitrogen and oxygen atoms in total. The van der Waals surface area contributed by atoms with Crippen LogP contribution in [0.3, 0.4) is 0 Å². The van der Waals surface area contributed by atoms with Crippen LogP contribution in [0.1, 0.15) is 17.2 Å². The van der Waals surface area contributed by atoms with Gasteiger partial charge in [-0.2, -0.15) is 5.26 Å². The van der Waals surface area contributed by atoms with Crippen LogP contribution in [0.5, 0.6) is 0 Å². The Hall–Kier alpha value is -1.97. The molecule has 6 heteroatoms. The highest BCUT2D eigenvalue weighted by atomic mass is 16.6. The van der Waals surface area contributed by atoms with Gasteiger partial charge in [0.1, 0.15) is 6.10 Å². The van der Waals surface area contributed by atoms with Crippen LogP contribution in [0.15, 0.2) is 18.2 Å². The number of aliphatic hydroxyl groups excluding tert-OH is 2. The molecule has 1 aromatic carbocycles. The first kappa shape index (κ1) is 12.1. The maximum Gasteiger partial charge on any atom is 0.272 e. The molecule has 2 unspecified atom stereocenters. The molecule has 0 bridgehead atoms. The molecule has 1 aromatic rings. The minimum Gasteiger partial charge on any atom is -0.385 e. The van der Waals surface area contributed by atoms with Gasteiger partial charge in [-0.25, -0.2) is 0 Å². The maximum absolute atomic E-state index is 10.5. The van der Waals surface area contributed by atoms with Crippen LogP contribution in [-0.2, 0) is 0 Å². The van der Waals surface area contributed by atoms with Crippen LogP contribution in [0, 0.1) is 28.4 Å². The molecule has 0 amide bonds. The maximum atomic E-state index is 10.5. The summed E-state index contributed by atoms with van der Waals surface area (Å²) in [4.78, 5) is 10.00. The van der Waals surface area contributed by atoms with Crippen LogP contribution in [0.2, 0.25) is 0 Å². The van der Waals surface area contributed by atoms with Crippen LogP contribution >= 0.6 is 0 Å². The van der Waals surface area contributed by atoms with Crippen LogP contribution in [0.4, 0.5) is 5.69 Å². The lowest BCUT2D eigenvalue weighted by Gasteiger charge is -2.12. The minimum atomic E-state index is -1.54. The lowest BCUT2D eigenvalue weighted by Crippen LogP contribution is -2.15. The van der Waals surface area contributed by atoms with Gasteiger partial charge in [0.15, 0.2) is 6.10 Å². The summed E-state index contributed by atoms with van der Waals surface area (Å²) >= 11 is 0. The van der Waals surface area contributed by atoms with Gasteiger partial charge in [0, 0.05) is 11.6 Å². The summed E-state index contributed by atoms with van der Waals surface area (Å²) in [5, 5.41) is 37.5. The molecule has 0 radical (unpaired) electrons. The Labute approximate surface area is 91.5 Å². The second-order valence-electron chi connectivity index (χ2n) is 3.32. The van der Waals surface area contributed by atoms with E-state index in [4.69, 9.17) is 10.4 Å². The van der Waals surface area contributed by atoms with Crippen molar-refractivity contribution in [2.45, 2.75) is 19.1 Å². The van der Waals surface area contributed by atoms with Crippen LogP contribution in [-0.4, -0.2) is 21.2 Å². The zero-order valence-electron chi connectivity index (χ0n) is 8.49. The van der Waals surface area contributed by atoms with Crippen molar-refractivity contribution in [2.24, 2.45) is 0 Å². The second-order valence-corrected chi connectivity index (χ2v) is 3.32. The fourth-order valence-corrected chi connectivity index (χ4v) is 1.32. The molecule has 0 aromatic heterocycles.